The molecule has 1 amide bonds. The fourth-order valence-corrected chi connectivity index (χ4v) is 3.37. The van der Waals surface area contributed by atoms with E-state index in [1.165, 1.54) is 24.6 Å². The van der Waals surface area contributed by atoms with Gasteiger partial charge in [-0.3, -0.25) is 9.36 Å². The number of thioether (sulfide) groups is 1. The smallest absolute Gasteiger partial charge is 0.230 e. The van der Waals surface area contributed by atoms with Crippen LogP contribution in [0.4, 0.5) is 0 Å². The number of aromatic nitrogens is 3. The van der Waals surface area contributed by atoms with Gasteiger partial charge in [-0.1, -0.05) is 55.6 Å². The molecule has 1 N–H and O–H groups in total. The summed E-state index contributed by atoms with van der Waals surface area (Å²) in [7, 11) is 0. The van der Waals surface area contributed by atoms with E-state index in [1.807, 2.05) is 29.7 Å². The number of hydrogen-bond donors (Lipinski definition) is 1. The minimum absolute atomic E-state index is 0.0190. The van der Waals surface area contributed by atoms with Crippen LogP contribution >= 0.6 is 23.4 Å². The third-order valence-corrected chi connectivity index (χ3v) is 5.28. The molecule has 1 heterocycles. The summed E-state index contributed by atoms with van der Waals surface area (Å²) in [6.07, 6.45) is 6.19. The van der Waals surface area contributed by atoms with Crippen LogP contribution in [0.3, 0.4) is 0 Å². The number of amides is 1. The van der Waals surface area contributed by atoms with E-state index in [-0.39, 0.29) is 11.9 Å². The number of halogens is 1. The summed E-state index contributed by atoms with van der Waals surface area (Å²) >= 11 is 7.57. The maximum Gasteiger partial charge on any atom is 0.230 e. The van der Waals surface area contributed by atoms with Gasteiger partial charge in [0.15, 0.2) is 5.16 Å². The SMILES string of the molecule is CCCCCC(C)NC(=O)CSc1nncn1-c1ccc(C)c(Cl)c1. The van der Waals surface area contributed by atoms with Gasteiger partial charge in [0.1, 0.15) is 6.33 Å². The molecule has 0 bridgehead atoms. The molecule has 1 atom stereocenters. The predicted octanol–water partition coefficient (Wildman–Crippen LogP) is 4.41. The second-order valence-corrected chi connectivity index (χ2v) is 7.52. The first kappa shape index (κ1) is 19.8. The van der Waals surface area contributed by atoms with Crippen molar-refractivity contribution in [1.29, 1.82) is 0 Å². The van der Waals surface area contributed by atoms with Gasteiger partial charge in [-0.2, -0.15) is 0 Å². The van der Waals surface area contributed by atoms with Gasteiger partial charge in [0, 0.05) is 11.1 Å². The zero-order valence-electron chi connectivity index (χ0n) is 15.0. The first-order valence-corrected chi connectivity index (χ1v) is 9.96. The second kappa shape index (κ2) is 9.82. The molecular formula is C18H25ClN4OS. The zero-order valence-corrected chi connectivity index (χ0v) is 16.5. The van der Waals surface area contributed by atoms with E-state index in [1.54, 1.807) is 6.33 Å². The molecule has 25 heavy (non-hydrogen) atoms. The van der Waals surface area contributed by atoms with Crippen LogP contribution in [0.15, 0.2) is 29.7 Å². The number of benzene rings is 1. The summed E-state index contributed by atoms with van der Waals surface area (Å²) in [5.41, 5.74) is 1.90. The fourth-order valence-electron chi connectivity index (χ4n) is 2.45. The molecule has 2 aromatic rings. The highest BCUT2D eigenvalue weighted by Crippen LogP contribution is 2.23. The van der Waals surface area contributed by atoms with Crippen molar-refractivity contribution in [2.24, 2.45) is 0 Å². The van der Waals surface area contributed by atoms with Gasteiger partial charge >= 0.3 is 0 Å². The van der Waals surface area contributed by atoms with Gasteiger partial charge in [-0.15, -0.1) is 10.2 Å². The highest BCUT2D eigenvalue weighted by molar-refractivity contribution is 7.99. The van der Waals surface area contributed by atoms with Crippen molar-refractivity contribution < 1.29 is 4.79 Å². The molecule has 1 aromatic carbocycles. The van der Waals surface area contributed by atoms with Crippen LogP contribution in [-0.4, -0.2) is 32.5 Å². The Morgan fingerprint density at radius 2 is 2.20 bits per heavy atom. The van der Waals surface area contributed by atoms with Gasteiger partial charge in [0.25, 0.3) is 0 Å². The van der Waals surface area contributed by atoms with Crippen LogP contribution in [0.25, 0.3) is 5.69 Å². The normalized spacial score (nSPS) is 12.2. The summed E-state index contributed by atoms with van der Waals surface area (Å²) in [5, 5.41) is 12.5. The molecule has 0 aliphatic carbocycles. The molecule has 0 saturated carbocycles. The van der Waals surface area contributed by atoms with Gasteiger partial charge in [-0.25, -0.2) is 0 Å². The molecule has 1 unspecified atom stereocenters. The Labute approximate surface area is 158 Å². The Balaban J connectivity index is 1.90. The first-order chi connectivity index (χ1) is 12.0. The van der Waals surface area contributed by atoms with Crippen molar-refractivity contribution in [3.8, 4) is 5.69 Å². The van der Waals surface area contributed by atoms with Crippen LogP contribution in [-0.2, 0) is 4.79 Å². The Morgan fingerprint density at radius 3 is 2.92 bits per heavy atom. The molecule has 2 rings (SSSR count). The third kappa shape index (κ3) is 6.04. The number of carbonyl (C=O) groups excluding carboxylic acids is 1. The number of carbonyl (C=O) groups is 1. The van der Waals surface area contributed by atoms with E-state index in [0.29, 0.717) is 15.9 Å². The zero-order chi connectivity index (χ0) is 18.2. The number of nitrogens with one attached hydrogen (secondary N) is 1. The van der Waals surface area contributed by atoms with Crippen molar-refractivity contribution in [3.05, 3.63) is 35.1 Å². The van der Waals surface area contributed by atoms with Crippen molar-refractivity contribution in [3.63, 3.8) is 0 Å². The Kier molecular flexibility index (Phi) is 7.78. The highest BCUT2D eigenvalue weighted by atomic mass is 35.5. The molecule has 7 heteroatoms. The molecule has 1 aromatic heterocycles. The van der Waals surface area contributed by atoms with E-state index in [9.17, 15) is 4.79 Å². The van der Waals surface area contributed by atoms with Crippen LogP contribution in [0.2, 0.25) is 5.02 Å². The highest BCUT2D eigenvalue weighted by Gasteiger charge is 2.12. The summed E-state index contributed by atoms with van der Waals surface area (Å²) in [4.78, 5) is 12.1. The van der Waals surface area contributed by atoms with Crippen molar-refractivity contribution in [2.75, 3.05) is 5.75 Å². The largest absolute Gasteiger partial charge is 0.353 e. The number of hydrogen-bond acceptors (Lipinski definition) is 4. The molecule has 136 valence electrons. The lowest BCUT2D eigenvalue weighted by atomic mass is 10.1. The standard InChI is InChI=1S/C18H25ClN4OS/c1-4-5-6-7-14(3)21-17(24)11-25-18-22-20-12-23(18)15-9-8-13(2)16(19)10-15/h8-10,12,14H,4-7,11H2,1-3H3,(H,21,24). The minimum Gasteiger partial charge on any atom is -0.353 e. The molecule has 0 spiro atoms. The molecule has 0 radical (unpaired) electrons. The van der Waals surface area contributed by atoms with Gasteiger partial charge < -0.3 is 5.32 Å². The Bertz CT molecular complexity index is 704. The van der Waals surface area contributed by atoms with Crippen LogP contribution in [0.5, 0.6) is 0 Å². The predicted molar refractivity (Wildman–Crippen MR) is 104 cm³/mol. The lowest BCUT2D eigenvalue weighted by Gasteiger charge is -2.13. The lowest BCUT2D eigenvalue weighted by molar-refractivity contribution is -0.119. The van der Waals surface area contributed by atoms with E-state index in [4.69, 9.17) is 11.6 Å². The Morgan fingerprint density at radius 1 is 1.40 bits per heavy atom. The lowest BCUT2D eigenvalue weighted by Crippen LogP contribution is -2.33. The van der Waals surface area contributed by atoms with Crippen molar-refractivity contribution in [2.45, 2.75) is 57.7 Å². The summed E-state index contributed by atoms with van der Waals surface area (Å²) < 4.78 is 1.84. The molecule has 0 aliphatic heterocycles. The fraction of sp³-hybridized carbons (Fsp3) is 0.500. The molecular weight excluding hydrogens is 356 g/mol. The van der Waals surface area contributed by atoms with E-state index in [2.05, 4.69) is 29.4 Å². The van der Waals surface area contributed by atoms with Crippen LogP contribution in [0, 0.1) is 6.92 Å². The van der Waals surface area contributed by atoms with Crippen LogP contribution < -0.4 is 5.32 Å². The maximum absolute atomic E-state index is 12.1. The van der Waals surface area contributed by atoms with Gasteiger partial charge in [0.2, 0.25) is 5.91 Å². The summed E-state index contributed by atoms with van der Waals surface area (Å²) in [6, 6.07) is 6.00. The average Bonchev–Trinajstić information content (AvgIpc) is 3.04. The number of rotatable bonds is 9. The molecule has 0 aliphatic rings. The van der Waals surface area contributed by atoms with Crippen molar-refractivity contribution >= 4 is 29.3 Å². The quantitative estimate of drug-likeness (QED) is 0.517. The third-order valence-electron chi connectivity index (χ3n) is 3.93. The Hall–Kier alpha value is -1.53. The molecule has 0 fully saturated rings. The summed E-state index contributed by atoms with van der Waals surface area (Å²) in [6.45, 7) is 6.19. The molecule has 5 nitrogen and oxygen atoms in total. The van der Waals surface area contributed by atoms with E-state index >= 15 is 0 Å². The summed E-state index contributed by atoms with van der Waals surface area (Å²) in [5.74, 6) is 0.335. The van der Waals surface area contributed by atoms with E-state index < -0.39 is 0 Å². The number of unbranched alkanes of at least 4 members (excludes halogenated alkanes) is 2. The van der Waals surface area contributed by atoms with Crippen LogP contribution in [0.1, 0.15) is 45.1 Å². The minimum atomic E-state index is 0.0190. The monoisotopic (exact) mass is 380 g/mol. The second-order valence-electron chi connectivity index (χ2n) is 6.17. The van der Waals surface area contributed by atoms with E-state index in [0.717, 1.165) is 24.1 Å². The molecule has 0 saturated heterocycles. The van der Waals surface area contributed by atoms with Gasteiger partial charge in [0.05, 0.1) is 11.4 Å². The first-order valence-electron chi connectivity index (χ1n) is 8.60. The number of nitrogens with zero attached hydrogens (tertiary/aromatic N) is 3. The van der Waals surface area contributed by atoms with Crippen molar-refractivity contribution in [1.82, 2.24) is 20.1 Å². The van der Waals surface area contributed by atoms with Gasteiger partial charge in [-0.05, 0) is 38.0 Å². The topological polar surface area (TPSA) is 59.8 Å². The average molecular weight is 381 g/mol. The number of aryl methyl sites for hydroxylation is 1. The maximum atomic E-state index is 12.1.